The number of aryl methyl sites for hydroxylation is 1. The fourth-order valence-electron chi connectivity index (χ4n) is 2.28. The maximum atomic E-state index is 12.4. The van der Waals surface area contributed by atoms with Gasteiger partial charge in [0, 0.05) is 11.4 Å². The van der Waals surface area contributed by atoms with Crippen molar-refractivity contribution in [3.8, 4) is 0 Å². The van der Waals surface area contributed by atoms with Crippen molar-refractivity contribution >= 4 is 17.3 Å². The molecule has 0 aliphatic rings. The van der Waals surface area contributed by atoms with Crippen molar-refractivity contribution in [1.29, 1.82) is 0 Å². The molecule has 0 fully saturated rings. The predicted octanol–water partition coefficient (Wildman–Crippen LogP) is 4.36. The Bertz CT molecular complexity index is 683. The van der Waals surface area contributed by atoms with Crippen molar-refractivity contribution in [3.05, 3.63) is 59.7 Å². The molecule has 0 aliphatic heterocycles. The summed E-state index contributed by atoms with van der Waals surface area (Å²) < 4.78 is 5.62. The summed E-state index contributed by atoms with van der Waals surface area (Å²) in [6, 6.07) is 15.4. The highest BCUT2D eigenvalue weighted by Crippen LogP contribution is 2.16. The van der Waals surface area contributed by atoms with Crippen molar-refractivity contribution in [1.82, 2.24) is 0 Å². The molecule has 128 valence electrons. The summed E-state index contributed by atoms with van der Waals surface area (Å²) in [6.45, 7) is 8.42. The highest BCUT2D eigenvalue weighted by molar-refractivity contribution is 5.96. The Kier molecular flexibility index (Phi) is 6.38. The Morgan fingerprint density at radius 1 is 1.08 bits per heavy atom. The predicted molar refractivity (Wildman–Crippen MR) is 99.3 cm³/mol. The van der Waals surface area contributed by atoms with E-state index in [4.69, 9.17) is 4.74 Å². The standard InChI is InChI=1S/C20H26N2O2/c1-14(2)24-13-17-9-7-10-18(12-17)21-16(4)20(23)22-19-11-6-5-8-15(19)3/h5-12,14,16,21H,13H2,1-4H3,(H,22,23)/t16-/m0/s1. The van der Waals surface area contributed by atoms with Gasteiger partial charge in [0.25, 0.3) is 0 Å². The van der Waals surface area contributed by atoms with E-state index in [0.29, 0.717) is 6.61 Å². The molecule has 24 heavy (non-hydrogen) atoms. The SMILES string of the molecule is Cc1ccccc1NC(=O)[C@H](C)Nc1cccc(COC(C)C)c1. The molecule has 4 heteroatoms. The topological polar surface area (TPSA) is 50.4 Å². The first-order chi connectivity index (χ1) is 11.5. The number of anilines is 2. The lowest BCUT2D eigenvalue weighted by atomic mass is 10.1. The Morgan fingerprint density at radius 2 is 1.83 bits per heavy atom. The van der Waals surface area contributed by atoms with Gasteiger partial charge in [0.15, 0.2) is 0 Å². The van der Waals surface area contributed by atoms with E-state index in [1.54, 1.807) is 0 Å². The number of carbonyl (C=O) groups is 1. The van der Waals surface area contributed by atoms with Gasteiger partial charge in [-0.3, -0.25) is 4.79 Å². The average molecular weight is 326 g/mol. The number of rotatable bonds is 7. The Morgan fingerprint density at radius 3 is 2.54 bits per heavy atom. The smallest absolute Gasteiger partial charge is 0.246 e. The molecular weight excluding hydrogens is 300 g/mol. The van der Waals surface area contributed by atoms with Crippen LogP contribution in [0.3, 0.4) is 0 Å². The Hall–Kier alpha value is -2.33. The number of carbonyl (C=O) groups excluding carboxylic acids is 1. The van der Waals surface area contributed by atoms with Gasteiger partial charge in [-0.1, -0.05) is 30.3 Å². The summed E-state index contributed by atoms with van der Waals surface area (Å²) in [5.74, 6) is -0.0619. The van der Waals surface area contributed by atoms with E-state index in [1.165, 1.54) is 0 Å². The molecule has 1 amide bonds. The summed E-state index contributed by atoms with van der Waals surface area (Å²) >= 11 is 0. The largest absolute Gasteiger partial charge is 0.374 e. The summed E-state index contributed by atoms with van der Waals surface area (Å²) in [6.07, 6.45) is 0.195. The van der Waals surface area contributed by atoms with Crippen LogP contribution < -0.4 is 10.6 Å². The molecule has 0 spiro atoms. The van der Waals surface area contributed by atoms with E-state index >= 15 is 0 Å². The number of nitrogens with one attached hydrogen (secondary N) is 2. The van der Waals surface area contributed by atoms with E-state index in [9.17, 15) is 4.79 Å². The fourth-order valence-corrected chi connectivity index (χ4v) is 2.28. The van der Waals surface area contributed by atoms with Gasteiger partial charge >= 0.3 is 0 Å². The first-order valence-corrected chi connectivity index (χ1v) is 8.29. The van der Waals surface area contributed by atoms with Gasteiger partial charge in [0.2, 0.25) is 5.91 Å². The quantitative estimate of drug-likeness (QED) is 0.795. The number of ether oxygens (including phenoxy) is 1. The number of para-hydroxylation sites is 1. The highest BCUT2D eigenvalue weighted by atomic mass is 16.5. The first kappa shape index (κ1) is 18.0. The maximum absolute atomic E-state index is 12.4. The van der Waals surface area contributed by atoms with Crippen LogP contribution in [0.4, 0.5) is 11.4 Å². The van der Waals surface area contributed by atoms with Crippen LogP contribution in [0, 0.1) is 6.92 Å². The molecule has 0 saturated heterocycles. The van der Waals surface area contributed by atoms with Crippen LogP contribution in [0.15, 0.2) is 48.5 Å². The third-order valence-corrected chi connectivity index (χ3v) is 3.69. The molecule has 4 nitrogen and oxygen atoms in total. The Labute approximate surface area is 144 Å². The minimum Gasteiger partial charge on any atom is -0.374 e. The van der Waals surface area contributed by atoms with E-state index in [-0.39, 0.29) is 18.1 Å². The van der Waals surface area contributed by atoms with Crippen molar-refractivity contribution in [3.63, 3.8) is 0 Å². The van der Waals surface area contributed by atoms with E-state index in [0.717, 1.165) is 22.5 Å². The minimum atomic E-state index is -0.342. The molecule has 2 rings (SSSR count). The van der Waals surface area contributed by atoms with Crippen LogP contribution in [0.2, 0.25) is 0 Å². The molecule has 2 aromatic rings. The average Bonchev–Trinajstić information content (AvgIpc) is 2.55. The summed E-state index contributed by atoms with van der Waals surface area (Å²) in [5.41, 5.74) is 3.88. The number of hydrogen-bond donors (Lipinski definition) is 2. The molecule has 2 N–H and O–H groups in total. The zero-order valence-electron chi connectivity index (χ0n) is 14.8. The highest BCUT2D eigenvalue weighted by Gasteiger charge is 2.13. The van der Waals surface area contributed by atoms with Crippen LogP contribution in [-0.4, -0.2) is 18.1 Å². The molecular formula is C20H26N2O2. The van der Waals surface area contributed by atoms with Crippen LogP contribution in [0.5, 0.6) is 0 Å². The fraction of sp³-hybridized carbons (Fsp3) is 0.350. The van der Waals surface area contributed by atoms with Crippen LogP contribution in [0.25, 0.3) is 0 Å². The van der Waals surface area contributed by atoms with Crippen molar-refractivity contribution in [2.45, 2.75) is 46.4 Å². The molecule has 1 atom stereocenters. The number of benzene rings is 2. The van der Waals surface area contributed by atoms with Crippen LogP contribution in [-0.2, 0) is 16.1 Å². The van der Waals surface area contributed by atoms with Crippen molar-refractivity contribution in [2.75, 3.05) is 10.6 Å². The van der Waals surface area contributed by atoms with E-state index in [2.05, 4.69) is 10.6 Å². The zero-order valence-corrected chi connectivity index (χ0v) is 14.8. The van der Waals surface area contributed by atoms with Gasteiger partial charge in [-0.15, -0.1) is 0 Å². The molecule has 0 aromatic heterocycles. The van der Waals surface area contributed by atoms with Crippen LogP contribution >= 0.6 is 0 Å². The summed E-state index contributed by atoms with van der Waals surface area (Å²) in [7, 11) is 0. The van der Waals surface area contributed by atoms with Gasteiger partial charge in [-0.25, -0.2) is 0 Å². The van der Waals surface area contributed by atoms with Crippen molar-refractivity contribution < 1.29 is 9.53 Å². The second-order valence-corrected chi connectivity index (χ2v) is 6.23. The molecule has 0 heterocycles. The van der Waals surface area contributed by atoms with Gasteiger partial charge in [-0.2, -0.15) is 0 Å². The normalized spacial score (nSPS) is 12.0. The number of hydrogen-bond acceptors (Lipinski definition) is 3. The second-order valence-electron chi connectivity index (χ2n) is 6.23. The lowest BCUT2D eigenvalue weighted by molar-refractivity contribution is -0.116. The number of amides is 1. The molecule has 0 bridgehead atoms. The van der Waals surface area contributed by atoms with E-state index in [1.807, 2.05) is 76.2 Å². The molecule has 0 unspecified atom stereocenters. The Balaban J connectivity index is 1.96. The summed E-state index contributed by atoms with van der Waals surface area (Å²) in [4.78, 5) is 12.4. The van der Waals surface area contributed by atoms with Gasteiger partial charge < -0.3 is 15.4 Å². The zero-order chi connectivity index (χ0) is 17.5. The second kappa shape index (κ2) is 8.50. The van der Waals surface area contributed by atoms with Gasteiger partial charge in [-0.05, 0) is 57.0 Å². The van der Waals surface area contributed by atoms with Crippen molar-refractivity contribution in [2.24, 2.45) is 0 Å². The molecule has 2 aromatic carbocycles. The molecule has 0 radical (unpaired) electrons. The van der Waals surface area contributed by atoms with Gasteiger partial charge in [0.1, 0.15) is 6.04 Å². The third-order valence-electron chi connectivity index (χ3n) is 3.69. The molecule has 0 aliphatic carbocycles. The van der Waals surface area contributed by atoms with E-state index < -0.39 is 0 Å². The van der Waals surface area contributed by atoms with Gasteiger partial charge in [0.05, 0.1) is 12.7 Å². The first-order valence-electron chi connectivity index (χ1n) is 8.29. The minimum absolute atomic E-state index is 0.0619. The monoisotopic (exact) mass is 326 g/mol. The molecule has 0 saturated carbocycles. The summed E-state index contributed by atoms with van der Waals surface area (Å²) in [5, 5.41) is 6.20. The van der Waals surface area contributed by atoms with Crippen LogP contribution in [0.1, 0.15) is 31.9 Å². The maximum Gasteiger partial charge on any atom is 0.246 e. The lowest BCUT2D eigenvalue weighted by Gasteiger charge is -2.17. The third kappa shape index (κ3) is 5.39. The lowest BCUT2D eigenvalue weighted by Crippen LogP contribution is -2.32.